The van der Waals surface area contributed by atoms with Gasteiger partial charge < -0.3 is 14.6 Å². The molecule has 0 saturated carbocycles. The van der Waals surface area contributed by atoms with Crippen LogP contribution < -0.4 is 10.1 Å². The monoisotopic (exact) mass is 416 g/mol. The molecule has 8 nitrogen and oxygen atoms in total. The summed E-state index contributed by atoms with van der Waals surface area (Å²) in [6.07, 6.45) is 2.50. The highest BCUT2D eigenvalue weighted by atomic mass is 32.2. The highest BCUT2D eigenvalue weighted by molar-refractivity contribution is 7.89. The molecule has 0 aliphatic carbocycles. The van der Waals surface area contributed by atoms with Gasteiger partial charge in [0.2, 0.25) is 10.0 Å². The topological polar surface area (TPSA) is 93.5 Å². The molecule has 0 radical (unpaired) electrons. The largest absolute Gasteiger partial charge is 0.495 e. The van der Waals surface area contributed by atoms with E-state index < -0.39 is 10.0 Å². The van der Waals surface area contributed by atoms with Gasteiger partial charge >= 0.3 is 0 Å². The predicted octanol–water partition coefficient (Wildman–Crippen LogP) is 2.12. The van der Waals surface area contributed by atoms with Crippen molar-refractivity contribution in [3.05, 3.63) is 54.4 Å². The zero-order valence-electron chi connectivity index (χ0n) is 16.6. The van der Waals surface area contributed by atoms with Crippen LogP contribution in [0.1, 0.15) is 16.8 Å². The van der Waals surface area contributed by atoms with Crippen LogP contribution >= 0.6 is 0 Å². The van der Waals surface area contributed by atoms with Crippen LogP contribution in [0.3, 0.4) is 0 Å². The third-order valence-corrected chi connectivity index (χ3v) is 6.41. The van der Waals surface area contributed by atoms with Crippen molar-refractivity contribution >= 4 is 27.0 Å². The number of carbonyl (C=O) groups excluding carboxylic acids is 1. The van der Waals surface area contributed by atoms with Gasteiger partial charge in [0, 0.05) is 32.7 Å². The van der Waals surface area contributed by atoms with Crippen LogP contribution in [0.25, 0.3) is 11.0 Å². The summed E-state index contributed by atoms with van der Waals surface area (Å²) >= 11 is 0. The molecule has 0 aliphatic heterocycles. The number of nitrogens with zero attached hydrogens (tertiary/aromatic N) is 3. The predicted molar refractivity (Wildman–Crippen MR) is 111 cm³/mol. The minimum atomic E-state index is -3.73. The number of rotatable bonds is 8. The molecule has 9 heteroatoms. The van der Waals surface area contributed by atoms with Crippen LogP contribution in [0.2, 0.25) is 0 Å². The summed E-state index contributed by atoms with van der Waals surface area (Å²) in [4.78, 5) is 16.8. The molecule has 1 heterocycles. The number of ether oxygens (including phenoxy) is 1. The van der Waals surface area contributed by atoms with Gasteiger partial charge in [0.1, 0.15) is 10.6 Å². The van der Waals surface area contributed by atoms with E-state index in [-0.39, 0.29) is 22.1 Å². The SMILES string of the molecule is COc1ccc(C(=O)NCCCn2cnc3ccccc32)cc1S(=O)(=O)N(C)C. The molecule has 1 aromatic heterocycles. The molecule has 2 aromatic carbocycles. The number of methoxy groups -OCH3 is 1. The molecule has 29 heavy (non-hydrogen) atoms. The van der Waals surface area contributed by atoms with E-state index in [1.165, 1.54) is 33.3 Å². The Morgan fingerprint density at radius 2 is 1.97 bits per heavy atom. The van der Waals surface area contributed by atoms with Gasteiger partial charge in [-0.25, -0.2) is 17.7 Å². The number of aromatic nitrogens is 2. The number of amides is 1. The first kappa shape index (κ1) is 20.8. The fourth-order valence-corrected chi connectivity index (χ4v) is 4.03. The Bertz CT molecular complexity index is 1120. The molecule has 0 saturated heterocycles. The Morgan fingerprint density at radius 3 is 2.69 bits per heavy atom. The van der Waals surface area contributed by atoms with E-state index in [4.69, 9.17) is 4.74 Å². The van der Waals surface area contributed by atoms with Crippen LogP contribution in [0.4, 0.5) is 0 Å². The highest BCUT2D eigenvalue weighted by Crippen LogP contribution is 2.26. The van der Waals surface area contributed by atoms with Crippen LogP contribution in [0.5, 0.6) is 5.75 Å². The lowest BCUT2D eigenvalue weighted by Crippen LogP contribution is -2.26. The van der Waals surface area contributed by atoms with Crippen molar-refractivity contribution in [2.75, 3.05) is 27.7 Å². The number of imidazole rings is 1. The lowest BCUT2D eigenvalue weighted by molar-refractivity contribution is 0.0952. The first-order chi connectivity index (χ1) is 13.8. The first-order valence-corrected chi connectivity index (χ1v) is 10.6. The van der Waals surface area contributed by atoms with Gasteiger partial charge in [0.15, 0.2) is 0 Å². The van der Waals surface area contributed by atoms with Gasteiger partial charge in [-0.05, 0) is 36.8 Å². The zero-order chi connectivity index (χ0) is 21.0. The van der Waals surface area contributed by atoms with Crippen molar-refractivity contribution in [3.63, 3.8) is 0 Å². The van der Waals surface area contributed by atoms with Gasteiger partial charge in [-0.3, -0.25) is 4.79 Å². The number of para-hydroxylation sites is 2. The molecule has 3 rings (SSSR count). The minimum Gasteiger partial charge on any atom is -0.495 e. The first-order valence-electron chi connectivity index (χ1n) is 9.13. The maximum atomic E-state index is 12.5. The lowest BCUT2D eigenvalue weighted by atomic mass is 10.2. The van der Waals surface area contributed by atoms with Gasteiger partial charge in [0.25, 0.3) is 5.91 Å². The number of benzene rings is 2. The Hall–Kier alpha value is -2.91. The number of sulfonamides is 1. The number of aryl methyl sites for hydroxylation is 1. The third kappa shape index (κ3) is 4.41. The van der Waals surface area contributed by atoms with Crippen LogP contribution in [0.15, 0.2) is 53.7 Å². The zero-order valence-corrected chi connectivity index (χ0v) is 17.4. The maximum absolute atomic E-state index is 12.5. The highest BCUT2D eigenvalue weighted by Gasteiger charge is 2.23. The van der Waals surface area contributed by atoms with E-state index in [1.54, 1.807) is 12.4 Å². The van der Waals surface area contributed by atoms with E-state index in [9.17, 15) is 13.2 Å². The average Bonchev–Trinajstić information content (AvgIpc) is 3.13. The fraction of sp³-hybridized carbons (Fsp3) is 0.300. The third-order valence-electron chi connectivity index (χ3n) is 4.57. The van der Waals surface area contributed by atoms with Crippen molar-refractivity contribution in [2.45, 2.75) is 17.9 Å². The van der Waals surface area contributed by atoms with Gasteiger partial charge in [-0.1, -0.05) is 12.1 Å². The number of nitrogens with one attached hydrogen (secondary N) is 1. The second kappa shape index (κ2) is 8.62. The average molecular weight is 417 g/mol. The Balaban J connectivity index is 1.65. The number of hydrogen-bond acceptors (Lipinski definition) is 5. The molecular weight excluding hydrogens is 392 g/mol. The number of hydrogen-bond donors (Lipinski definition) is 1. The van der Waals surface area contributed by atoms with Crippen molar-refractivity contribution in [1.29, 1.82) is 0 Å². The summed E-state index contributed by atoms with van der Waals surface area (Å²) in [5, 5.41) is 2.83. The Labute approximate surface area is 170 Å². The smallest absolute Gasteiger partial charge is 0.251 e. The Kier molecular flexibility index (Phi) is 6.19. The molecule has 0 bridgehead atoms. The van der Waals surface area contributed by atoms with Crippen molar-refractivity contribution in [3.8, 4) is 5.75 Å². The van der Waals surface area contributed by atoms with E-state index in [0.717, 1.165) is 15.3 Å². The fourth-order valence-electron chi connectivity index (χ4n) is 2.96. The van der Waals surface area contributed by atoms with Crippen LogP contribution in [0, 0.1) is 0 Å². The van der Waals surface area contributed by atoms with Crippen molar-refractivity contribution in [2.24, 2.45) is 0 Å². The summed E-state index contributed by atoms with van der Waals surface area (Å²) in [5.41, 5.74) is 2.25. The molecule has 0 unspecified atom stereocenters. The molecule has 154 valence electrons. The minimum absolute atomic E-state index is 0.0393. The molecule has 0 aliphatic rings. The quantitative estimate of drug-likeness (QED) is 0.568. The van der Waals surface area contributed by atoms with E-state index >= 15 is 0 Å². The molecule has 0 spiro atoms. The van der Waals surface area contributed by atoms with Gasteiger partial charge in [-0.2, -0.15) is 0 Å². The van der Waals surface area contributed by atoms with E-state index in [2.05, 4.69) is 10.3 Å². The molecule has 1 amide bonds. The lowest BCUT2D eigenvalue weighted by Gasteiger charge is -2.15. The molecule has 0 fully saturated rings. The van der Waals surface area contributed by atoms with Gasteiger partial charge in [0.05, 0.1) is 24.5 Å². The van der Waals surface area contributed by atoms with Gasteiger partial charge in [-0.15, -0.1) is 0 Å². The Morgan fingerprint density at radius 1 is 1.21 bits per heavy atom. The summed E-state index contributed by atoms with van der Waals surface area (Å²) in [6.45, 7) is 1.16. The molecule has 1 N–H and O–H groups in total. The van der Waals surface area contributed by atoms with Crippen LogP contribution in [-0.4, -0.2) is 55.9 Å². The molecular formula is C20H24N4O4S. The molecule has 0 atom stereocenters. The van der Waals surface area contributed by atoms with Crippen molar-refractivity contribution in [1.82, 2.24) is 19.2 Å². The van der Waals surface area contributed by atoms with Crippen LogP contribution in [-0.2, 0) is 16.6 Å². The summed E-state index contributed by atoms with van der Waals surface area (Å²) in [7, 11) is 0.523. The molecule has 3 aromatic rings. The van der Waals surface area contributed by atoms with E-state index in [1.807, 2.05) is 28.8 Å². The standard InChI is InChI=1S/C20H24N4O4S/c1-23(2)29(26,27)19-13-15(9-10-18(19)28-3)20(25)21-11-6-12-24-14-22-16-7-4-5-8-17(16)24/h4-5,7-10,13-14H,6,11-12H2,1-3H3,(H,21,25). The summed E-state index contributed by atoms with van der Waals surface area (Å²) < 4.78 is 33.3. The number of fused-ring (bicyclic) bond motifs is 1. The maximum Gasteiger partial charge on any atom is 0.251 e. The summed E-state index contributed by atoms with van der Waals surface area (Å²) in [6, 6.07) is 12.2. The second-order valence-corrected chi connectivity index (χ2v) is 8.81. The normalized spacial score (nSPS) is 11.7. The second-order valence-electron chi connectivity index (χ2n) is 6.69. The summed E-state index contributed by atoms with van der Waals surface area (Å²) in [5.74, 6) is -0.138. The van der Waals surface area contributed by atoms with E-state index in [0.29, 0.717) is 19.5 Å². The van der Waals surface area contributed by atoms with Crippen molar-refractivity contribution < 1.29 is 17.9 Å². The number of carbonyl (C=O) groups is 1.